The number of phenolic OH excluding ortho intramolecular Hbond substituents is 1. The van der Waals surface area contributed by atoms with Crippen LogP contribution in [0.5, 0.6) is 5.75 Å². The minimum Gasteiger partial charge on any atom is -0.508 e. The Balaban J connectivity index is 1.66. The molecule has 0 saturated carbocycles. The van der Waals surface area contributed by atoms with Crippen molar-refractivity contribution in [2.45, 2.75) is 0 Å². The summed E-state index contributed by atoms with van der Waals surface area (Å²) in [6.45, 7) is 0.563. The molecule has 0 aliphatic rings. The number of nitrogens with one attached hydrogen (secondary N) is 2. The van der Waals surface area contributed by atoms with Crippen LogP contribution in [0.25, 0.3) is 22.5 Å². The van der Waals surface area contributed by atoms with Crippen LogP contribution in [-0.4, -0.2) is 54.1 Å². The lowest BCUT2D eigenvalue weighted by Gasteiger charge is -2.14. The summed E-state index contributed by atoms with van der Waals surface area (Å²) in [6, 6.07) is 14.0. The Labute approximate surface area is 214 Å². The third-order valence-corrected chi connectivity index (χ3v) is 5.27. The van der Waals surface area contributed by atoms with Gasteiger partial charge in [0.15, 0.2) is 0 Å². The van der Waals surface area contributed by atoms with Crippen molar-refractivity contribution >= 4 is 29.1 Å². The molecular formula is C24H19N7O7. The number of hydrogen-bond acceptors (Lipinski definition) is 11. The molecule has 0 saturated heterocycles. The van der Waals surface area contributed by atoms with Crippen LogP contribution in [0.4, 0.5) is 23.1 Å². The number of aromatic carboxylic acids is 1. The first-order chi connectivity index (χ1) is 18.2. The lowest BCUT2D eigenvalue weighted by molar-refractivity contribution is -0.385. The maximum atomic E-state index is 12.3. The number of aromatic nitrogens is 3. The fourth-order valence-corrected chi connectivity index (χ4v) is 3.52. The Morgan fingerprint density at radius 2 is 1.47 bits per heavy atom. The fourth-order valence-electron chi connectivity index (χ4n) is 3.52. The Morgan fingerprint density at radius 1 is 0.842 bits per heavy atom. The fraction of sp³-hybridized carbons (Fsp3) is 0.0833. The number of nitrogens with zero attached hydrogens (tertiary/aromatic N) is 5. The van der Waals surface area contributed by atoms with Crippen LogP contribution in [0.15, 0.2) is 66.9 Å². The van der Waals surface area contributed by atoms with Gasteiger partial charge in [-0.3, -0.25) is 20.2 Å². The highest BCUT2D eigenvalue weighted by atomic mass is 16.6. The summed E-state index contributed by atoms with van der Waals surface area (Å²) >= 11 is 0. The molecule has 0 bridgehead atoms. The van der Waals surface area contributed by atoms with Crippen molar-refractivity contribution in [1.82, 2.24) is 15.0 Å². The molecule has 38 heavy (non-hydrogen) atoms. The minimum atomic E-state index is -1.32. The van der Waals surface area contributed by atoms with E-state index in [1.165, 1.54) is 54.6 Å². The second-order valence-corrected chi connectivity index (χ2v) is 7.79. The number of rotatable bonds is 10. The van der Waals surface area contributed by atoms with Crippen LogP contribution < -0.4 is 10.6 Å². The molecule has 192 valence electrons. The van der Waals surface area contributed by atoms with Gasteiger partial charge in [-0.25, -0.2) is 19.7 Å². The molecule has 0 atom stereocenters. The van der Waals surface area contributed by atoms with Gasteiger partial charge in [-0.2, -0.15) is 0 Å². The average Bonchev–Trinajstić information content (AvgIpc) is 2.90. The highest BCUT2D eigenvalue weighted by molar-refractivity contribution is 6.01. The molecule has 4 N–H and O–H groups in total. The molecule has 0 radical (unpaired) electrons. The molecule has 0 fully saturated rings. The highest BCUT2D eigenvalue weighted by Crippen LogP contribution is 2.33. The molecular weight excluding hydrogens is 498 g/mol. The van der Waals surface area contributed by atoms with Gasteiger partial charge in [0.2, 0.25) is 5.95 Å². The summed E-state index contributed by atoms with van der Waals surface area (Å²) < 4.78 is 0. The third-order valence-electron chi connectivity index (χ3n) is 5.27. The second kappa shape index (κ2) is 10.9. The number of carboxylic acid groups (broad SMARTS) is 1. The second-order valence-electron chi connectivity index (χ2n) is 7.79. The zero-order chi connectivity index (χ0) is 27.2. The van der Waals surface area contributed by atoms with Gasteiger partial charge in [-0.1, -0.05) is 12.1 Å². The van der Waals surface area contributed by atoms with E-state index in [0.29, 0.717) is 23.5 Å². The van der Waals surface area contributed by atoms with Gasteiger partial charge in [-0.05, 0) is 30.3 Å². The summed E-state index contributed by atoms with van der Waals surface area (Å²) in [5.74, 6) is -0.940. The zero-order valence-electron chi connectivity index (χ0n) is 19.4. The van der Waals surface area contributed by atoms with Crippen molar-refractivity contribution in [3.8, 4) is 28.3 Å². The number of carboxylic acids is 1. The zero-order valence-corrected chi connectivity index (χ0v) is 19.4. The highest BCUT2D eigenvalue weighted by Gasteiger charge is 2.23. The van der Waals surface area contributed by atoms with Crippen LogP contribution >= 0.6 is 0 Å². The van der Waals surface area contributed by atoms with Crippen LogP contribution in [0, 0.1) is 20.2 Å². The van der Waals surface area contributed by atoms with Crippen molar-refractivity contribution in [2.75, 3.05) is 23.7 Å². The summed E-state index contributed by atoms with van der Waals surface area (Å²) in [6.07, 6.45) is 1.13. The number of benzene rings is 2. The molecule has 4 aromatic rings. The number of anilines is 2. The van der Waals surface area contributed by atoms with Crippen molar-refractivity contribution in [3.05, 3.63) is 92.7 Å². The van der Waals surface area contributed by atoms with E-state index in [1.54, 1.807) is 6.07 Å². The maximum absolute atomic E-state index is 12.3. The lowest BCUT2D eigenvalue weighted by atomic mass is 10.00. The summed E-state index contributed by atoms with van der Waals surface area (Å²) in [7, 11) is 0. The van der Waals surface area contributed by atoms with Crippen LogP contribution in [0.3, 0.4) is 0 Å². The van der Waals surface area contributed by atoms with E-state index >= 15 is 0 Å². The normalized spacial score (nSPS) is 10.5. The van der Waals surface area contributed by atoms with Gasteiger partial charge in [0, 0.05) is 42.4 Å². The van der Waals surface area contributed by atoms with Gasteiger partial charge in [0.05, 0.1) is 21.2 Å². The number of carbonyl (C=O) groups is 1. The molecule has 0 amide bonds. The SMILES string of the molecule is O=C(O)c1c(-c2ccc([N+](=O)[O-])cc2)nc(NCCNc2ccc([N+](=O)[O-])cn2)nc1-c1cccc(O)c1. The number of pyridine rings is 1. The number of hydrogen-bond donors (Lipinski definition) is 4. The summed E-state index contributed by atoms with van der Waals surface area (Å²) in [5, 5.41) is 47.8. The van der Waals surface area contributed by atoms with E-state index in [2.05, 4.69) is 25.6 Å². The average molecular weight is 517 g/mol. The standard InChI is InChI=1S/C24H19N7O7/c32-18-3-1-2-15(12-18)22-20(23(33)34)21(14-4-6-16(7-5-14)30(35)36)28-24(29-22)26-11-10-25-19-9-8-17(13-27-19)31(37)38/h1-9,12-13,32H,10-11H2,(H,25,27)(H,33,34)(H,26,28,29). The summed E-state index contributed by atoms with van der Waals surface area (Å²) in [5.41, 5.74) is 0.133. The van der Waals surface area contributed by atoms with E-state index in [-0.39, 0.29) is 46.6 Å². The molecule has 0 unspecified atom stereocenters. The van der Waals surface area contributed by atoms with Crippen LogP contribution in [0.2, 0.25) is 0 Å². The third kappa shape index (κ3) is 5.76. The molecule has 0 spiro atoms. The number of nitro groups is 2. The lowest BCUT2D eigenvalue weighted by Crippen LogP contribution is -2.17. The van der Waals surface area contributed by atoms with Crippen molar-refractivity contribution < 1.29 is 24.9 Å². The first-order valence-electron chi connectivity index (χ1n) is 11.0. The van der Waals surface area contributed by atoms with Crippen molar-refractivity contribution in [1.29, 1.82) is 0 Å². The molecule has 2 aromatic carbocycles. The van der Waals surface area contributed by atoms with E-state index in [4.69, 9.17) is 0 Å². The molecule has 14 nitrogen and oxygen atoms in total. The Morgan fingerprint density at radius 3 is 2.05 bits per heavy atom. The molecule has 4 rings (SSSR count). The maximum Gasteiger partial charge on any atom is 0.340 e. The Kier molecular flexibility index (Phi) is 7.33. The van der Waals surface area contributed by atoms with E-state index < -0.39 is 15.8 Å². The van der Waals surface area contributed by atoms with Crippen molar-refractivity contribution in [3.63, 3.8) is 0 Å². The van der Waals surface area contributed by atoms with Gasteiger partial charge >= 0.3 is 5.97 Å². The number of aromatic hydroxyl groups is 1. The minimum absolute atomic E-state index is 0.0215. The number of nitro benzene ring substituents is 1. The number of phenols is 1. The molecule has 0 aliphatic heterocycles. The quantitative estimate of drug-likeness (QED) is 0.134. The number of non-ortho nitro benzene ring substituents is 1. The molecule has 2 heterocycles. The van der Waals surface area contributed by atoms with E-state index in [1.807, 2.05) is 0 Å². The molecule has 2 aromatic heterocycles. The molecule has 14 heteroatoms. The van der Waals surface area contributed by atoms with Crippen LogP contribution in [0.1, 0.15) is 10.4 Å². The predicted molar refractivity (Wildman–Crippen MR) is 136 cm³/mol. The Bertz CT molecular complexity index is 1510. The molecule has 0 aliphatic carbocycles. The van der Waals surface area contributed by atoms with Gasteiger partial charge in [0.1, 0.15) is 23.3 Å². The summed E-state index contributed by atoms with van der Waals surface area (Å²) in [4.78, 5) is 45.7. The van der Waals surface area contributed by atoms with E-state index in [9.17, 15) is 35.2 Å². The monoisotopic (exact) mass is 517 g/mol. The van der Waals surface area contributed by atoms with E-state index in [0.717, 1.165) is 6.20 Å². The topological polar surface area (TPSA) is 207 Å². The van der Waals surface area contributed by atoms with Gasteiger partial charge in [0.25, 0.3) is 11.4 Å². The van der Waals surface area contributed by atoms with Crippen molar-refractivity contribution in [2.24, 2.45) is 0 Å². The first-order valence-corrected chi connectivity index (χ1v) is 11.0. The van der Waals surface area contributed by atoms with Gasteiger partial charge in [-0.15, -0.1) is 0 Å². The van der Waals surface area contributed by atoms with Gasteiger partial charge < -0.3 is 20.8 Å². The Hall–Kier alpha value is -5.66. The smallest absolute Gasteiger partial charge is 0.340 e. The largest absolute Gasteiger partial charge is 0.508 e. The first kappa shape index (κ1) is 25.4. The van der Waals surface area contributed by atoms with Crippen LogP contribution in [-0.2, 0) is 0 Å². The predicted octanol–water partition coefficient (Wildman–Crippen LogP) is 3.95.